The summed E-state index contributed by atoms with van der Waals surface area (Å²) in [6, 6.07) is 6.07. The minimum atomic E-state index is -0.558. The van der Waals surface area contributed by atoms with E-state index in [0.717, 1.165) is 22.7 Å². The number of ether oxygens (including phenoxy) is 1. The molecule has 0 aliphatic carbocycles. The van der Waals surface area contributed by atoms with Gasteiger partial charge in [0.05, 0.1) is 6.54 Å². The zero-order chi connectivity index (χ0) is 15.4. The second kappa shape index (κ2) is 6.76. The molecular formula is C17H24N2O2. The van der Waals surface area contributed by atoms with Crippen LogP contribution in [-0.4, -0.2) is 27.4 Å². The van der Waals surface area contributed by atoms with Crippen molar-refractivity contribution < 1.29 is 9.84 Å². The first-order valence-electron chi connectivity index (χ1n) is 7.36. The molecule has 21 heavy (non-hydrogen) atoms. The number of aliphatic hydroxyl groups excluding tert-OH is 1. The number of aliphatic hydroxyl groups is 1. The number of rotatable bonds is 6. The summed E-state index contributed by atoms with van der Waals surface area (Å²) >= 11 is 0. The lowest BCUT2D eigenvalue weighted by Crippen LogP contribution is -2.24. The molecule has 1 aromatic heterocycles. The average molecular weight is 288 g/mol. The molecule has 0 aliphatic heterocycles. The van der Waals surface area contributed by atoms with Gasteiger partial charge in [0.2, 0.25) is 0 Å². The molecule has 0 bridgehead atoms. The minimum absolute atomic E-state index is 0.276. The molecule has 1 unspecified atom stereocenters. The molecule has 1 N–H and O–H groups in total. The van der Waals surface area contributed by atoms with Crippen molar-refractivity contribution in [2.24, 2.45) is 0 Å². The summed E-state index contributed by atoms with van der Waals surface area (Å²) in [5.74, 6) is 2.13. The SMILES string of the molecule is Cc1cc(C)cc(OCC(O)Cn2ccnc2C(C)C)c1. The molecule has 4 heteroatoms. The molecule has 0 spiro atoms. The number of aromatic nitrogens is 2. The maximum absolute atomic E-state index is 10.2. The molecule has 0 saturated carbocycles. The molecule has 0 radical (unpaired) electrons. The Labute approximate surface area is 126 Å². The molecule has 1 aromatic carbocycles. The van der Waals surface area contributed by atoms with E-state index in [1.54, 1.807) is 6.20 Å². The van der Waals surface area contributed by atoms with Gasteiger partial charge in [0.1, 0.15) is 24.3 Å². The molecule has 1 heterocycles. The van der Waals surface area contributed by atoms with E-state index in [-0.39, 0.29) is 6.61 Å². The smallest absolute Gasteiger partial charge is 0.119 e. The quantitative estimate of drug-likeness (QED) is 0.888. The van der Waals surface area contributed by atoms with Crippen LogP contribution in [0.2, 0.25) is 0 Å². The Hall–Kier alpha value is -1.81. The third kappa shape index (κ3) is 4.33. The number of imidazole rings is 1. The number of benzene rings is 1. The van der Waals surface area contributed by atoms with Gasteiger partial charge in [-0.3, -0.25) is 0 Å². The lowest BCUT2D eigenvalue weighted by atomic mass is 10.1. The van der Waals surface area contributed by atoms with Gasteiger partial charge >= 0.3 is 0 Å². The zero-order valence-corrected chi connectivity index (χ0v) is 13.2. The van der Waals surface area contributed by atoms with E-state index in [0.29, 0.717) is 12.5 Å². The molecule has 0 saturated heterocycles. The molecule has 0 aliphatic rings. The van der Waals surface area contributed by atoms with E-state index in [1.807, 2.05) is 36.7 Å². The first-order valence-corrected chi connectivity index (χ1v) is 7.36. The van der Waals surface area contributed by atoms with Gasteiger partial charge in [-0.2, -0.15) is 0 Å². The summed E-state index contributed by atoms with van der Waals surface area (Å²) in [6.07, 6.45) is 3.11. The van der Waals surface area contributed by atoms with Crippen molar-refractivity contribution in [1.29, 1.82) is 0 Å². The number of aryl methyl sites for hydroxylation is 2. The third-order valence-electron chi connectivity index (χ3n) is 3.31. The van der Waals surface area contributed by atoms with E-state index in [2.05, 4.69) is 24.9 Å². The van der Waals surface area contributed by atoms with Crippen LogP contribution in [0.4, 0.5) is 0 Å². The largest absolute Gasteiger partial charge is 0.491 e. The third-order valence-corrected chi connectivity index (χ3v) is 3.31. The van der Waals surface area contributed by atoms with Gasteiger partial charge in [-0.25, -0.2) is 4.98 Å². The Morgan fingerprint density at radius 3 is 2.48 bits per heavy atom. The highest BCUT2D eigenvalue weighted by molar-refractivity contribution is 5.32. The highest BCUT2D eigenvalue weighted by Crippen LogP contribution is 2.17. The predicted molar refractivity (Wildman–Crippen MR) is 83.7 cm³/mol. The van der Waals surface area contributed by atoms with Crippen molar-refractivity contribution in [3.63, 3.8) is 0 Å². The van der Waals surface area contributed by atoms with Crippen LogP contribution < -0.4 is 4.74 Å². The van der Waals surface area contributed by atoms with Crippen molar-refractivity contribution in [3.05, 3.63) is 47.5 Å². The highest BCUT2D eigenvalue weighted by atomic mass is 16.5. The lowest BCUT2D eigenvalue weighted by Gasteiger charge is -2.16. The zero-order valence-electron chi connectivity index (χ0n) is 13.2. The van der Waals surface area contributed by atoms with Crippen LogP contribution in [0.5, 0.6) is 5.75 Å². The highest BCUT2D eigenvalue weighted by Gasteiger charge is 2.12. The van der Waals surface area contributed by atoms with Crippen LogP contribution in [0.3, 0.4) is 0 Å². The number of hydrogen-bond donors (Lipinski definition) is 1. The standard InChI is InChI=1S/C17H24N2O2/c1-12(2)17-18-5-6-19(17)10-15(20)11-21-16-8-13(3)7-14(4)9-16/h5-9,12,15,20H,10-11H2,1-4H3. The van der Waals surface area contributed by atoms with E-state index < -0.39 is 6.10 Å². The van der Waals surface area contributed by atoms with Gasteiger partial charge in [0.15, 0.2) is 0 Å². The molecule has 2 rings (SSSR count). The normalized spacial score (nSPS) is 12.7. The van der Waals surface area contributed by atoms with Crippen LogP contribution in [0.15, 0.2) is 30.6 Å². The van der Waals surface area contributed by atoms with Crippen molar-refractivity contribution in [3.8, 4) is 5.75 Å². The summed E-state index contributed by atoms with van der Waals surface area (Å²) < 4.78 is 7.68. The topological polar surface area (TPSA) is 47.3 Å². The Morgan fingerprint density at radius 2 is 1.86 bits per heavy atom. The van der Waals surface area contributed by atoms with Crippen molar-refractivity contribution in [2.45, 2.75) is 46.3 Å². The fourth-order valence-corrected chi connectivity index (χ4v) is 2.46. The van der Waals surface area contributed by atoms with Gasteiger partial charge < -0.3 is 14.4 Å². The van der Waals surface area contributed by atoms with E-state index in [4.69, 9.17) is 4.74 Å². The average Bonchev–Trinajstić information content (AvgIpc) is 2.83. The molecular weight excluding hydrogens is 264 g/mol. The molecule has 0 fully saturated rings. The second-order valence-electron chi connectivity index (χ2n) is 5.88. The summed E-state index contributed by atoms with van der Waals surface area (Å²) in [5.41, 5.74) is 2.33. The Bertz CT molecular complexity index is 570. The van der Waals surface area contributed by atoms with Crippen LogP contribution >= 0.6 is 0 Å². The molecule has 1 atom stereocenters. The fourth-order valence-electron chi connectivity index (χ4n) is 2.46. The van der Waals surface area contributed by atoms with Crippen LogP contribution in [0.1, 0.15) is 36.7 Å². The summed E-state index contributed by atoms with van der Waals surface area (Å²) in [5, 5.41) is 10.2. The summed E-state index contributed by atoms with van der Waals surface area (Å²) in [7, 11) is 0. The molecule has 4 nitrogen and oxygen atoms in total. The monoisotopic (exact) mass is 288 g/mol. The first kappa shape index (κ1) is 15.6. The predicted octanol–water partition coefficient (Wildman–Crippen LogP) is 3.06. The van der Waals surface area contributed by atoms with Crippen LogP contribution in [0.25, 0.3) is 0 Å². The van der Waals surface area contributed by atoms with Crippen LogP contribution in [0, 0.1) is 13.8 Å². The summed E-state index contributed by atoms with van der Waals surface area (Å²) in [4.78, 5) is 4.32. The summed E-state index contributed by atoms with van der Waals surface area (Å²) in [6.45, 7) is 9.04. The molecule has 0 amide bonds. The van der Waals surface area contributed by atoms with E-state index >= 15 is 0 Å². The number of hydrogen-bond acceptors (Lipinski definition) is 3. The fraction of sp³-hybridized carbons (Fsp3) is 0.471. The first-order chi connectivity index (χ1) is 9.95. The Balaban J connectivity index is 1.92. The van der Waals surface area contributed by atoms with Gasteiger partial charge in [0, 0.05) is 18.3 Å². The Kier molecular flexibility index (Phi) is 5.02. The second-order valence-corrected chi connectivity index (χ2v) is 5.88. The molecule has 114 valence electrons. The maximum Gasteiger partial charge on any atom is 0.119 e. The Morgan fingerprint density at radius 1 is 1.19 bits per heavy atom. The van der Waals surface area contributed by atoms with Crippen molar-refractivity contribution >= 4 is 0 Å². The van der Waals surface area contributed by atoms with Crippen molar-refractivity contribution in [2.75, 3.05) is 6.61 Å². The maximum atomic E-state index is 10.2. The van der Waals surface area contributed by atoms with Gasteiger partial charge in [-0.15, -0.1) is 0 Å². The molecule has 2 aromatic rings. The number of nitrogens with zero attached hydrogens (tertiary/aromatic N) is 2. The van der Waals surface area contributed by atoms with Crippen molar-refractivity contribution in [1.82, 2.24) is 9.55 Å². The van der Waals surface area contributed by atoms with Gasteiger partial charge in [-0.1, -0.05) is 19.9 Å². The van der Waals surface area contributed by atoms with Crippen LogP contribution in [-0.2, 0) is 6.54 Å². The lowest BCUT2D eigenvalue weighted by molar-refractivity contribution is 0.0915. The van der Waals surface area contributed by atoms with Gasteiger partial charge in [-0.05, 0) is 37.1 Å². The minimum Gasteiger partial charge on any atom is -0.491 e. The van der Waals surface area contributed by atoms with E-state index in [1.165, 1.54) is 0 Å². The van der Waals surface area contributed by atoms with Gasteiger partial charge in [0.25, 0.3) is 0 Å². The van der Waals surface area contributed by atoms with E-state index in [9.17, 15) is 5.11 Å².